The van der Waals surface area contributed by atoms with Crippen molar-refractivity contribution in [3.05, 3.63) is 0 Å². The molecule has 0 aromatic heterocycles. The van der Waals surface area contributed by atoms with E-state index < -0.39 is 0 Å². The van der Waals surface area contributed by atoms with Gasteiger partial charge in [0.15, 0.2) is 0 Å². The van der Waals surface area contributed by atoms with E-state index in [1.807, 2.05) is 6.92 Å². The van der Waals surface area contributed by atoms with Gasteiger partial charge in [0, 0.05) is 26.3 Å². The SMILES string of the molecule is CCN1CC(=O)N(CC(CC)(CC)CCCCOCCCCC(CC)(CC)CC)C1=O. The van der Waals surface area contributed by atoms with Gasteiger partial charge in [-0.05, 0) is 56.3 Å². The second kappa shape index (κ2) is 14.1. The van der Waals surface area contributed by atoms with Crippen LogP contribution in [0.4, 0.5) is 4.79 Å². The van der Waals surface area contributed by atoms with Crippen molar-refractivity contribution in [2.45, 2.75) is 112 Å². The second-order valence-electron chi connectivity index (χ2n) is 9.57. The number of ether oxygens (including phenoxy) is 1. The molecule has 1 aliphatic heterocycles. The number of hydrogen-bond acceptors (Lipinski definition) is 3. The molecule has 0 aromatic carbocycles. The fourth-order valence-corrected chi connectivity index (χ4v) is 5.03. The average Bonchev–Trinajstić information content (AvgIpc) is 3.07. The Morgan fingerprint density at radius 2 is 1.23 bits per heavy atom. The van der Waals surface area contributed by atoms with Crippen LogP contribution in [0.2, 0.25) is 0 Å². The summed E-state index contributed by atoms with van der Waals surface area (Å²) >= 11 is 0. The fourth-order valence-electron chi connectivity index (χ4n) is 5.03. The van der Waals surface area contributed by atoms with Crippen LogP contribution in [0.3, 0.4) is 0 Å². The summed E-state index contributed by atoms with van der Waals surface area (Å²) in [7, 11) is 0. The molecule has 182 valence electrons. The summed E-state index contributed by atoms with van der Waals surface area (Å²) in [5.74, 6) is -0.0419. The summed E-state index contributed by atoms with van der Waals surface area (Å²) in [4.78, 5) is 27.9. The van der Waals surface area contributed by atoms with Crippen molar-refractivity contribution in [1.82, 2.24) is 9.80 Å². The third-order valence-electron chi connectivity index (χ3n) is 8.25. The molecule has 0 unspecified atom stereocenters. The molecule has 1 aliphatic rings. The lowest BCUT2D eigenvalue weighted by Gasteiger charge is -2.35. The van der Waals surface area contributed by atoms with Gasteiger partial charge in [-0.3, -0.25) is 9.69 Å². The standard InChI is InChI=1S/C26H50N2O3/c1-7-25(8-2,9-3)17-13-15-19-31-20-16-14-18-26(10-4,11-5)22-28-23(29)21-27(12-6)24(28)30/h7-22H2,1-6H3. The minimum Gasteiger partial charge on any atom is -0.381 e. The number of carbonyl (C=O) groups excluding carboxylic acids is 2. The van der Waals surface area contributed by atoms with E-state index in [0.717, 1.165) is 51.7 Å². The quantitative estimate of drug-likeness (QED) is 0.178. The van der Waals surface area contributed by atoms with E-state index in [1.54, 1.807) is 4.90 Å². The number of imide groups is 1. The van der Waals surface area contributed by atoms with Crippen molar-refractivity contribution in [3.8, 4) is 0 Å². The molecule has 0 saturated carbocycles. The molecule has 0 aliphatic carbocycles. The van der Waals surface area contributed by atoms with Gasteiger partial charge in [-0.1, -0.05) is 66.7 Å². The van der Waals surface area contributed by atoms with Crippen molar-refractivity contribution in [1.29, 1.82) is 0 Å². The molecule has 0 aromatic rings. The lowest BCUT2D eigenvalue weighted by molar-refractivity contribution is -0.126. The van der Waals surface area contributed by atoms with E-state index >= 15 is 0 Å². The summed E-state index contributed by atoms with van der Waals surface area (Å²) < 4.78 is 5.90. The summed E-state index contributed by atoms with van der Waals surface area (Å²) in [6.45, 7) is 16.3. The molecule has 0 radical (unpaired) electrons. The molecule has 5 nitrogen and oxygen atoms in total. The topological polar surface area (TPSA) is 49.9 Å². The second-order valence-corrected chi connectivity index (χ2v) is 9.57. The lowest BCUT2D eigenvalue weighted by Crippen LogP contribution is -2.41. The number of amides is 3. The predicted molar refractivity (Wildman–Crippen MR) is 129 cm³/mol. The third kappa shape index (κ3) is 8.07. The molecule has 0 N–H and O–H groups in total. The Kier molecular flexibility index (Phi) is 12.7. The van der Waals surface area contributed by atoms with Gasteiger partial charge in [0.05, 0.1) is 0 Å². The molecular weight excluding hydrogens is 388 g/mol. The molecule has 0 atom stereocenters. The first-order valence-electron chi connectivity index (χ1n) is 13.0. The zero-order chi connectivity index (χ0) is 23.3. The van der Waals surface area contributed by atoms with Gasteiger partial charge in [-0.15, -0.1) is 0 Å². The number of urea groups is 1. The van der Waals surface area contributed by atoms with Crippen LogP contribution < -0.4 is 0 Å². The maximum Gasteiger partial charge on any atom is 0.327 e. The highest BCUT2D eigenvalue weighted by Gasteiger charge is 2.40. The molecule has 1 fully saturated rings. The van der Waals surface area contributed by atoms with Gasteiger partial charge in [0.2, 0.25) is 5.91 Å². The Labute approximate surface area is 192 Å². The van der Waals surface area contributed by atoms with E-state index in [9.17, 15) is 9.59 Å². The Morgan fingerprint density at radius 3 is 1.65 bits per heavy atom. The molecule has 31 heavy (non-hydrogen) atoms. The van der Waals surface area contributed by atoms with Crippen LogP contribution in [0.5, 0.6) is 0 Å². The highest BCUT2D eigenvalue weighted by molar-refractivity contribution is 6.02. The van der Waals surface area contributed by atoms with Crippen molar-refractivity contribution < 1.29 is 14.3 Å². The Hall–Kier alpha value is -1.10. The van der Waals surface area contributed by atoms with Crippen molar-refractivity contribution >= 4 is 11.9 Å². The van der Waals surface area contributed by atoms with E-state index in [2.05, 4.69) is 34.6 Å². The monoisotopic (exact) mass is 438 g/mol. The third-order valence-corrected chi connectivity index (χ3v) is 8.25. The number of carbonyl (C=O) groups is 2. The summed E-state index contributed by atoms with van der Waals surface area (Å²) in [5.41, 5.74) is 0.564. The minimum atomic E-state index is -0.111. The van der Waals surface area contributed by atoms with Crippen LogP contribution in [-0.4, -0.2) is 54.6 Å². The van der Waals surface area contributed by atoms with Gasteiger partial charge < -0.3 is 9.64 Å². The summed E-state index contributed by atoms with van der Waals surface area (Å²) in [5, 5.41) is 0. The van der Waals surface area contributed by atoms with Crippen LogP contribution in [0.15, 0.2) is 0 Å². The maximum absolute atomic E-state index is 12.5. The molecule has 3 amide bonds. The molecule has 5 heteroatoms. The highest BCUT2D eigenvalue weighted by atomic mass is 16.5. The van der Waals surface area contributed by atoms with Crippen LogP contribution in [-0.2, 0) is 9.53 Å². The predicted octanol–water partition coefficient (Wildman–Crippen LogP) is 6.65. The zero-order valence-electron chi connectivity index (χ0n) is 21.4. The fraction of sp³-hybridized carbons (Fsp3) is 0.923. The number of nitrogens with zero attached hydrogens (tertiary/aromatic N) is 2. The number of rotatable bonds is 18. The van der Waals surface area contributed by atoms with Crippen LogP contribution in [0.1, 0.15) is 112 Å². The molecule has 1 heterocycles. The average molecular weight is 439 g/mol. The Balaban J connectivity index is 2.31. The summed E-state index contributed by atoms with van der Waals surface area (Å²) in [6.07, 6.45) is 12.7. The van der Waals surface area contributed by atoms with Crippen LogP contribution >= 0.6 is 0 Å². The van der Waals surface area contributed by atoms with E-state index in [4.69, 9.17) is 4.74 Å². The normalized spacial score (nSPS) is 15.4. The van der Waals surface area contributed by atoms with Gasteiger partial charge in [-0.25, -0.2) is 4.79 Å². The van der Waals surface area contributed by atoms with Crippen LogP contribution in [0.25, 0.3) is 0 Å². The smallest absolute Gasteiger partial charge is 0.327 e. The van der Waals surface area contributed by atoms with Gasteiger partial charge in [0.25, 0.3) is 0 Å². The van der Waals surface area contributed by atoms with Crippen molar-refractivity contribution in [2.24, 2.45) is 10.8 Å². The van der Waals surface area contributed by atoms with E-state index in [0.29, 0.717) is 18.5 Å². The van der Waals surface area contributed by atoms with Crippen molar-refractivity contribution in [3.63, 3.8) is 0 Å². The first-order chi connectivity index (χ1) is 14.9. The van der Waals surface area contributed by atoms with Gasteiger partial charge >= 0.3 is 6.03 Å². The first-order valence-corrected chi connectivity index (χ1v) is 13.0. The highest BCUT2D eigenvalue weighted by Crippen LogP contribution is 2.36. The Morgan fingerprint density at radius 1 is 0.742 bits per heavy atom. The van der Waals surface area contributed by atoms with Crippen LogP contribution in [0, 0.1) is 10.8 Å². The molecule has 1 saturated heterocycles. The van der Waals surface area contributed by atoms with E-state index in [-0.39, 0.29) is 23.9 Å². The molecule has 0 bridgehead atoms. The molecular formula is C26H50N2O3. The largest absolute Gasteiger partial charge is 0.381 e. The van der Waals surface area contributed by atoms with E-state index in [1.165, 1.54) is 37.0 Å². The van der Waals surface area contributed by atoms with Gasteiger partial charge in [0.1, 0.15) is 6.54 Å². The number of hydrogen-bond donors (Lipinski definition) is 0. The minimum absolute atomic E-state index is 0.0266. The summed E-state index contributed by atoms with van der Waals surface area (Å²) in [6, 6.07) is -0.111. The van der Waals surface area contributed by atoms with Gasteiger partial charge in [-0.2, -0.15) is 0 Å². The first kappa shape index (κ1) is 27.9. The maximum atomic E-state index is 12.5. The molecule has 0 spiro atoms. The molecule has 1 rings (SSSR count). The zero-order valence-corrected chi connectivity index (χ0v) is 21.4. The van der Waals surface area contributed by atoms with Crippen molar-refractivity contribution in [2.75, 3.05) is 32.8 Å². The Bertz CT molecular complexity index is 518. The lowest BCUT2D eigenvalue weighted by atomic mass is 9.76. The number of likely N-dealkylation sites (N-methyl/N-ethyl adjacent to an activating group) is 1. The number of unbranched alkanes of at least 4 members (excludes halogenated alkanes) is 2.